The smallest absolute Gasteiger partial charge is 0 e. The van der Waals surface area contributed by atoms with Gasteiger partial charge in [0, 0.05) is 17.1 Å². The second-order valence-corrected chi connectivity index (χ2v) is 8.86. The van der Waals surface area contributed by atoms with Crippen molar-refractivity contribution in [1.29, 1.82) is 0 Å². The number of aryl methyl sites for hydroxylation is 1. The minimum absolute atomic E-state index is 0. The molecule has 0 heterocycles. The van der Waals surface area contributed by atoms with Crippen LogP contribution in [0.5, 0.6) is 0 Å². The molecule has 27 heavy (non-hydrogen) atoms. The van der Waals surface area contributed by atoms with Crippen LogP contribution in [-0.4, -0.2) is 0 Å². The van der Waals surface area contributed by atoms with Crippen LogP contribution in [0, 0.1) is 0 Å². The van der Waals surface area contributed by atoms with Gasteiger partial charge in [-0.1, -0.05) is 102 Å². The Balaban J connectivity index is 0.000000379. The van der Waals surface area contributed by atoms with Gasteiger partial charge in [0.25, 0.3) is 0 Å². The van der Waals surface area contributed by atoms with Gasteiger partial charge >= 0.3 is 0 Å². The molecular weight excluding hydrogens is 455 g/mol. The summed E-state index contributed by atoms with van der Waals surface area (Å²) in [6.07, 6.45) is 1.06. The van der Waals surface area contributed by atoms with Crippen LogP contribution in [-0.2, 0) is 23.5 Å². The van der Waals surface area contributed by atoms with E-state index in [0.717, 1.165) is 6.42 Å². The molecule has 0 N–H and O–H groups in total. The fourth-order valence-electron chi connectivity index (χ4n) is 2.84. The van der Waals surface area contributed by atoms with E-state index in [2.05, 4.69) is 95.7 Å². The largest absolute Gasteiger partial charge is 0.748 e. The molecule has 0 saturated heterocycles. The van der Waals surface area contributed by atoms with Crippen molar-refractivity contribution in [3.63, 3.8) is 0 Å². The van der Waals surface area contributed by atoms with Gasteiger partial charge in [0.1, 0.15) is 0 Å². The quantitative estimate of drug-likeness (QED) is 0.195. The maximum Gasteiger partial charge on any atom is 0 e. The SMILES string of the molecule is CC[c-]1ccc(P(c2ccccc2)c2ccccc2)c1Br.[Fe].[cH-]1[cH-][cH-][cH-][cH-]1. The number of rotatable bonds is 4. The molecule has 0 fully saturated rings. The minimum atomic E-state index is -0.499. The van der Waals surface area contributed by atoms with Crippen molar-refractivity contribution in [2.24, 2.45) is 0 Å². The van der Waals surface area contributed by atoms with Crippen LogP contribution in [0.2, 0.25) is 0 Å². The van der Waals surface area contributed by atoms with Crippen LogP contribution in [0.1, 0.15) is 12.5 Å². The summed E-state index contributed by atoms with van der Waals surface area (Å²) in [5.41, 5.74) is 1.39. The van der Waals surface area contributed by atoms with E-state index >= 15 is 0 Å². The van der Waals surface area contributed by atoms with Crippen molar-refractivity contribution >= 4 is 39.8 Å². The Morgan fingerprint density at radius 3 is 1.59 bits per heavy atom. The molecule has 0 radical (unpaired) electrons. The first kappa shape index (κ1) is 21.9. The van der Waals surface area contributed by atoms with Gasteiger partial charge in [0.05, 0.1) is 0 Å². The van der Waals surface area contributed by atoms with Crippen LogP contribution in [0.4, 0.5) is 0 Å². The summed E-state index contributed by atoms with van der Waals surface area (Å²) in [5, 5.41) is 4.21. The van der Waals surface area contributed by atoms with Crippen molar-refractivity contribution in [1.82, 2.24) is 0 Å². The molecule has 4 aromatic rings. The molecule has 0 nitrogen and oxygen atoms in total. The van der Waals surface area contributed by atoms with Crippen LogP contribution in [0.3, 0.4) is 0 Å². The average molecular weight is 477 g/mol. The normalized spacial score (nSPS) is 10.0. The number of hydrogen-bond acceptors (Lipinski definition) is 0. The molecule has 3 heteroatoms. The predicted molar refractivity (Wildman–Crippen MR) is 120 cm³/mol. The van der Waals surface area contributed by atoms with Gasteiger partial charge in [-0.25, -0.2) is 6.07 Å². The summed E-state index contributed by atoms with van der Waals surface area (Å²) < 4.78 is 1.28. The van der Waals surface area contributed by atoms with Crippen molar-refractivity contribution in [2.45, 2.75) is 13.3 Å². The molecule has 4 aromatic carbocycles. The molecule has 0 unspecified atom stereocenters. The molecule has 144 valence electrons. The molecule has 4 rings (SSSR count). The van der Waals surface area contributed by atoms with Crippen LogP contribution in [0.25, 0.3) is 0 Å². The van der Waals surface area contributed by atoms with Gasteiger partial charge in [-0.2, -0.15) is 11.4 Å². The van der Waals surface area contributed by atoms with Crippen molar-refractivity contribution in [2.75, 3.05) is 0 Å². The molecule has 0 aliphatic rings. The van der Waals surface area contributed by atoms with Gasteiger partial charge in [-0.15, -0.1) is 5.56 Å². The zero-order valence-corrected chi connectivity index (χ0v) is 18.8. The van der Waals surface area contributed by atoms with E-state index in [9.17, 15) is 0 Å². The van der Waals surface area contributed by atoms with Crippen LogP contribution in [0.15, 0.2) is 108 Å². The molecule has 0 aliphatic heterocycles. The van der Waals surface area contributed by atoms with Gasteiger partial charge in [-0.05, 0) is 10.6 Å². The molecule has 0 atom stereocenters. The molecule has 0 bridgehead atoms. The van der Waals surface area contributed by atoms with E-state index in [1.807, 2.05) is 30.3 Å². The molecule has 0 saturated carbocycles. The maximum absolute atomic E-state index is 3.82. The number of halogens is 1. The fourth-order valence-corrected chi connectivity index (χ4v) is 6.27. The summed E-state index contributed by atoms with van der Waals surface area (Å²) in [5.74, 6) is 0. The van der Waals surface area contributed by atoms with Gasteiger partial charge in [0.15, 0.2) is 0 Å². The number of hydrogen-bond donors (Lipinski definition) is 0. The fraction of sp³-hybridized carbons (Fsp3) is 0.0833. The standard InChI is InChI=1S/C19H17BrP.C5H5.Fe/c1-2-15-13-14-18(19(15)20)21(16-9-5-3-6-10-16)17-11-7-4-8-12-17;1-2-4-5-3-1;/h3-14H,2H2,1H3;1-5H;/q-1;-5;. The average Bonchev–Trinajstić information content (AvgIpc) is 3.38. The van der Waals surface area contributed by atoms with Gasteiger partial charge in [0.2, 0.25) is 0 Å². The monoisotopic (exact) mass is 476 g/mol. The molecule has 0 amide bonds. The minimum Gasteiger partial charge on any atom is -0.748 e. The summed E-state index contributed by atoms with van der Waals surface area (Å²) in [7, 11) is -0.499. The maximum atomic E-state index is 3.82. The van der Waals surface area contributed by atoms with Crippen LogP contribution >= 0.6 is 23.9 Å². The Kier molecular flexibility index (Phi) is 9.25. The van der Waals surface area contributed by atoms with E-state index in [-0.39, 0.29) is 17.1 Å². The second kappa shape index (κ2) is 11.4. The van der Waals surface area contributed by atoms with E-state index in [1.54, 1.807) is 0 Å². The Hall–Kier alpha value is -1.43. The first-order valence-corrected chi connectivity index (χ1v) is 11.0. The van der Waals surface area contributed by atoms with Gasteiger partial charge < -0.3 is 30.3 Å². The zero-order chi connectivity index (χ0) is 18.2. The third-order valence-corrected chi connectivity index (χ3v) is 7.88. The summed E-state index contributed by atoms with van der Waals surface area (Å²) in [6.45, 7) is 2.21. The van der Waals surface area contributed by atoms with Gasteiger partial charge in [-0.3, -0.25) is 0 Å². The van der Waals surface area contributed by atoms with E-state index in [1.165, 1.54) is 25.9 Å². The van der Waals surface area contributed by atoms with Crippen molar-refractivity contribution in [3.05, 3.63) is 113 Å². The summed E-state index contributed by atoms with van der Waals surface area (Å²) in [4.78, 5) is 0. The molecular formula is C24H22BrFeP-6. The number of benzene rings is 2. The topological polar surface area (TPSA) is 0 Å². The third kappa shape index (κ3) is 5.77. The first-order chi connectivity index (χ1) is 12.8. The van der Waals surface area contributed by atoms with Crippen molar-refractivity contribution < 1.29 is 17.1 Å². The molecule has 0 aromatic heterocycles. The predicted octanol–water partition coefficient (Wildman–Crippen LogP) is 5.89. The Morgan fingerprint density at radius 1 is 0.778 bits per heavy atom. The second-order valence-electron chi connectivity index (χ2n) is 5.88. The van der Waals surface area contributed by atoms with Crippen molar-refractivity contribution in [3.8, 4) is 0 Å². The Morgan fingerprint density at radius 2 is 1.22 bits per heavy atom. The van der Waals surface area contributed by atoms with E-state index in [4.69, 9.17) is 0 Å². The summed E-state index contributed by atoms with van der Waals surface area (Å²) in [6, 6.07) is 36.2. The Bertz CT molecular complexity index is 826. The molecule has 0 aliphatic carbocycles. The zero-order valence-electron chi connectivity index (χ0n) is 15.2. The van der Waals surface area contributed by atoms with Crippen LogP contribution < -0.4 is 15.9 Å². The third-order valence-electron chi connectivity index (χ3n) is 4.16. The first-order valence-electron chi connectivity index (χ1n) is 8.82. The summed E-state index contributed by atoms with van der Waals surface area (Å²) >= 11 is 3.82. The Labute approximate surface area is 182 Å². The van der Waals surface area contributed by atoms with E-state index < -0.39 is 7.92 Å². The van der Waals surface area contributed by atoms with E-state index in [0.29, 0.717) is 0 Å². The molecule has 0 spiro atoms.